The summed E-state index contributed by atoms with van der Waals surface area (Å²) in [6, 6.07) is 4.89. The van der Waals surface area contributed by atoms with E-state index < -0.39 is 4.92 Å². The van der Waals surface area contributed by atoms with E-state index in [-0.39, 0.29) is 22.9 Å². The van der Waals surface area contributed by atoms with E-state index >= 15 is 0 Å². The van der Waals surface area contributed by atoms with Crippen molar-refractivity contribution < 1.29 is 9.72 Å². The van der Waals surface area contributed by atoms with Crippen molar-refractivity contribution in [2.45, 2.75) is 39.5 Å². The quantitative estimate of drug-likeness (QED) is 0.526. The van der Waals surface area contributed by atoms with Gasteiger partial charge in [0.1, 0.15) is 0 Å². The Morgan fingerprint density at radius 1 is 1.48 bits per heavy atom. The van der Waals surface area contributed by atoms with E-state index in [4.69, 9.17) is 0 Å². The van der Waals surface area contributed by atoms with Crippen molar-refractivity contribution in [3.05, 3.63) is 39.4 Å². The Labute approximate surface area is 135 Å². The minimum Gasteiger partial charge on any atom is -0.273 e. The van der Waals surface area contributed by atoms with Gasteiger partial charge in [0, 0.05) is 23.1 Å². The normalized spacial score (nSPS) is 29.1. The van der Waals surface area contributed by atoms with Gasteiger partial charge < -0.3 is 0 Å². The predicted octanol–water partition coefficient (Wildman–Crippen LogP) is 3.18. The number of nitro benzene ring substituents is 1. The average molecular weight is 315 g/mol. The van der Waals surface area contributed by atoms with Gasteiger partial charge in [0.15, 0.2) is 0 Å². The van der Waals surface area contributed by atoms with Crippen molar-refractivity contribution in [2.75, 3.05) is 0 Å². The topological polar surface area (TPSA) is 84.6 Å². The summed E-state index contributed by atoms with van der Waals surface area (Å²) in [5.74, 6) is 0.527. The van der Waals surface area contributed by atoms with E-state index in [1.807, 2.05) is 0 Å². The van der Waals surface area contributed by atoms with Crippen LogP contribution in [-0.4, -0.2) is 17.0 Å². The summed E-state index contributed by atoms with van der Waals surface area (Å²) < 4.78 is 0. The molecule has 0 radical (unpaired) electrons. The molecule has 0 spiro atoms. The molecule has 0 heterocycles. The SMILES string of the molecule is Cc1ccc(/C=N\NC(=O)[C@@H]2[C@H]3CCCC[C@]32C)cc1[N+](=O)[O-]. The molecule has 1 aromatic rings. The molecular formula is C17H21N3O3. The number of rotatable bonds is 4. The zero-order valence-corrected chi connectivity index (χ0v) is 13.4. The van der Waals surface area contributed by atoms with Crippen molar-refractivity contribution in [1.82, 2.24) is 5.43 Å². The molecule has 23 heavy (non-hydrogen) atoms. The van der Waals surface area contributed by atoms with Crippen LogP contribution in [0.5, 0.6) is 0 Å². The molecule has 3 atom stereocenters. The number of nitrogens with zero attached hydrogens (tertiary/aromatic N) is 2. The van der Waals surface area contributed by atoms with Crippen LogP contribution in [-0.2, 0) is 4.79 Å². The van der Waals surface area contributed by atoms with Crippen LogP contribution in [0.1, 0.15) is 43.7 Å². The van der Waals surface area contributed by atoms with Gasteiger partial charge in [-0.25, -0.2) is 5.43 Å². The van der Waals surface area contributed by atoms with Crippen LogP contribution >= 0.6 is 0 Å². The van der Waals surface area contributed by atoms with Crippen molar-refractivity contribution >= 4 is 17.8 Å². The van der Waals surface area contributed by atoms with Crippen LogP contribution in [0.4, 0.5) is 5.69 Å². The van der Waals surface area contributed by atoms with Gasteiger partial charge in [-0.3, -0.25) is 14.9 Å². The summed E-state index contributed by atoms with van der Waals surface area (Å²) in [6.45, 7) is 3.88. The number of nitro groups is 1. The first kappa shape index (κ1) is 15.6. The van der Waals surface area contributed by atoms with Crippen LogP contribution in [0.3, 0.4) is 0 Å². The molecule has 0 bridgehead atoms. The summed E-state index contributed by atoms with van der Waals surface area (Å²) in [6.07, 6.45) is 6.11. The number of hydrogen-bond donors (Lipinski definition) is 1. The largest absolute Gasteiger partial charge is 0.273 e. The van der Waals surface area contributed by atoms with Gasteiger partial charge in [0.05, 0.1) is 11.1 Å². The average Bonchev–Trinajstić information content (AvgIpc) is 3.14. The van der Waals surface area contributed by atoms with Crippen LogP contribution in [0.15, 0.2) is 23.3 Å². The van der Waals surface area contributed by atoms with Gasteiger partial charge >= 0.3 is 0 Å². The number of nitrogens with one attached hydrogen (secondary N) is 1. The molecule has 6 heteroatoms. The Kier molecular flexibility index (Phi) is 3.92. The Bertz CT molecular complexity index is 686. The molecule has 0 aromatic heterocycles. The molecule has 3 rings (SSSR count). The third kappa shape index (κ3) is 2.85. The molecule has 6 nitrogen and oxygen atoms in total. The second-order valence-corrected chi connectivity index (χ2v) is 6.87. The molecule has 0 aliphatic heterocycles. The highest BCUT2D eigenvalue weighted by atomic mass is 16.6. The van der Waals surface area contributed by atoms with Crippen molar-refractivity contribution in [1.29, 1.82) is 0 Å². The Hall–Kier alpha value is -2.24. The van der Waals surface area contributed by atoms with Crippen molar-refractivity contribution in [3.63, 3.8) is 0 Å². The molecule has 2 fully saturated rings. The molecule has 122 valence electrons. The van der Waals surface area contributed by atoms with Gasteiger partial charge in [0.2, 0.25) is 5.91 Å². The highest BCUT2D eigenvalue weighted by Gasteiger charge is 2.64. The molecular weight excluding hydrogens is 294 g/mol. The second kappa shape index (κ2) is 5.76. The number of hydrogen-bond acceptors (Lipinski definition) is 4. The first-order chi connectivity index (χ1) is 10.9. The summed E-state index contributed by atoms with van der Waals surface area (Å²) in [5.41, 5.74) is 4.01. The van der Waals surface area contributed by atoms with E-state index in [9.17, 15) is 14.9 Å². The van der Waals surface area contributed by atoms with Crippen LogP contribution < -0.4 is 5.43 Å². The minimum atomic E-state index is -0.416. The Morgan fingerprint density at radius 3 is 2.91 bits per heavy atom. The molecule has 1 aromatic carbocycles. The summed E-state index contributed by atoms with van der Waals surface area (Å²) >= 11 is 0. The van der Waals surface area contributed by atoms with Gasteiger partial charge in [-0.2, -0.15) is 5.10 Å². The van der Waals surface area contributed by atoms with Gasteiger partial charge in [0.25, 0.3) is 5.69 Å². The first-order valence-electron chi connectivity index (χ1n) is 8.01. The van der Waals surface area contributed by atoms with E-state index in [0.29, 0.717) is 17.0 Å². The third-order valence-electron chi connectivity index (χ3n) is 5.43. The molecule has 1 amide bonds. The van der Waals surface area contributed by atoms with Crippen LogP contribution in [0.2, 0.25) is 0 Å². The lowest BCUT2D eigenvalue weighted by molar-refractivity contribution is -0.385. The lowest BCUT2D eigenvalue weighted by atomic mass is 9.90. The van der Waals surface area contributed by atoms with Gasteiger partial charge in [-0.1, -0.05) is 31.9 Å². The number of carbonyl (C=O) groups is 1. The van der Waals surface area contributed by atoms with Crippen LogP contribution in [0, 0.1) is 34.3 Å². The van der Waals surface area contributed by atoms with E-state index in [2.05, 4.69) is 17.5 Å². The number of carbonyl (C=O) groups excluding carboxylic acids is 1. The Balaban J connectivity index is 1.62. The minimum absolute atomic E-state index is 0.0303. The predicted molar refractivity (Wildman–Crippen MR) is 87.1 cm³/mol. The fourth-order valence-corrected chi connectivity index (χ4v) is 3.99. The van der Waals surface area contributed by atoms with Gasteiger partial charge in [-0.05, 0) is 31.1 Å². The lowest BCUT2D eigenvalue weighted by Crippen LogP contribution is -2.22. The number of fused-ring (bicyclic) bond motifs is 1. The number of hydrazone groups is 1. The summed E-state index contributed by atoms with van der Waals surface area (Å²) in [5, 5.41) is 14.9. The lowest BCUT2D eigenvalue weighted by Gasteiger charge is -2.15. The van der Waals surface area contributed by atoms with E-state index in [1.54, 1.807) is 19.1 Å². The fraction of sp³-hybridized carbons (Fsp3) is 0.529. The first-order valence-corrected chi connectivity index (χ1v) is 8.01. The number of aryl methyl sites for hydroxylation is 1. The highest BCUT2D eigenvalue weighted by Crippen LogP contribution is 2.66. The summed E-state index contributed by atoms with van der Waals surface area (Å²) in [7, 11) is 0. The summed E-state index contributed by atoms with van der Waals surface area (Å²) in [4.78, 5) is 22.8. The maximum atomic E-state index is 12.3. The molecule has 0 saturated heterocycles. The van der Waals surface area contributed by atoms with E-state index in [1.165, 1.54) is 25.1 Å². The molecule has 2 aliphatic carbocycles. The zero-order chi connectivity index (χ0) is 16.6. The van der Waals surface area contributed by atoms with E-state index in [0.717, 1.165) is 12.8 Å². The van der Waals surface area contributed by atoms with Crippen molar-refractivity contribution in [2.24, 2.45) is 22.4 Å². The standard InChI is InChI=1S/C17H21N3O3/c1-11-6-7-12(9-14(11)20(22)23)10-18-19-16(21)15-13-5-3-4-8-17(13,15)2/h6-7,9-10,13,15H,3-5,8H2,1-2H3,(H,19,21)/b18-10-/t13-,15+,17-/m1/s1. The maximum absolute atomic E-state index is 12.3. The maximum Gasteiger partial charge on any atom is 0.272 e. The highest BCUT2D eigenvalue weighted by molar-refractivity contribution is 5.86. The van der Waals surface area contributed by atoms with Gasteiger partial charge in [-0.15, -0.1) is 0 Å². The number of benzene rings is 1. The molecule has 1 N–H and O–H groups in total. The smallest absolute Gasteiger partial charge is 0.272 e. The van der Waals surface area contributed by atoms with Crippen molar-refractivity contribution in [3.8, 4) is 0 Å². The zero-order valence-electron chi connectivity index (χ0n) is 13.4. The molecule has 2 aliphatic rings. The monoisotopic (exact) mass is 315 g/mol. The molecule has 2 saturated carbocycles. The fourth-order valence-electron chi connectivity index (χ4n) is 3.99. The molecule has 0 unspecified atom stereocenters. The third-order valence-corrected chi connectivity index (χ3v) is 5.43. The number of amides is 1. The Morgan fingerprint density at radius 2 is 2.26 bits per heavy atom. The second-order valence-electron chi connectivity index (χ2n) is 6.87. The van der Waals surface area contributed by atoms with Crippen LogP contribution in [0.25, 0.3) is 0 Å².